The summed E-state index contributed by atoms with van der Waals surface area (Å²) < 4.78 is 25.5. The van der Waals surface area contributed by atoms with Gasteiger partial charge in [-0.25, -0.2) is 18.1 Å². The quantitative estimate of drug-likeness (QED) is 0.372. The van der Waals surface area contributed by atoms with Gasteiger partial charge in [0.15, 0.2) is 15.7 Å². The molecule has 3 aliphatic rings. The summed E-state index contributed by atoms with van der Waals surface area (Å²) in [5, 5.41) is 15.2. The molecular formula is C30H32ClN5O3S. The number of nitriles is 1. The molecule has 2 aliphatic carbocycles. The molecule has 1 aromatic carbocycles. The van der Waals surface area contributed by atoms with E-state index in [-0.39, 0.29) is 29.1 Å². The third-order valence-electron chi connectivity index (χ3n) is 8.71. The zero-order valence-corrected chi connectivity index (χ0v) is 23.9. The van der Waals surface area contributed by atoms with Gasteiger partial charge in [-0.2, -0.15) is 10.4 Å². The highest BCUT2D eigenvalue weighted by Gasteiger charge is 2.47. The van der Waals surface area contributed by atoms with Crippen LogP contribution in [0.2, 0.25) is 5.02 Å². The Labute approximate surface area is 239 Å². The number of carbonyl (C=O) groups is 1. The summed E-state index contributed by atoms with van der Waals surface area (Å²) in [6, 6.07) is 14.1. The maximum absolute atomic E-state index is 13.6. The Morgan fingerprint density at radius 2 is 1.80 bits per heavy atom. The number of Topliss-reactive ketones (excluding diaryl/α,β-unsaturated/α-hetero) is 1. The van der Waals surface area contributed by atoms with E-state index in [0.29, 0.717) is 30.4 Å². The Morgan fingerprint density at radius 1 is 1.07 bits per heavy atom. The van der Waals surface area contributed by atoms with E-state index in [1.165, 1.54) is 0 Å². The van der Waals surface area contributed by atoms with Gasteiger partial charge in [0.25, 0.3) is 0 Å². The van der Waals surface area contributed by atoms with Gasteiger partial charge in [0.05, 0.1) is 33.7 Å². The minimum absolute atomic E-state index is 0.0359. The molecule has 0 amide bonds. The summed E-state index contributed by atoms with van der Waals surface area (Å²) in [5.74, 6) is 0.974. The molecule has 10 heteroatoms. The lowest BCUT2D eigenvalue weighted by molar-refractivity contribution is -0.125. The van der Waals surface area contributed by atoms with Crippen LogP contribution in [0.25, 0.3) is 16.9 Å². The zero-order valence-electron chi connectivity index (χ0n) is 22.3. The molecule has 1 aliphatic heterocycles. The van der Waals surface area contributed by atoms with Gasteiger partial charge in [0, 0.05) is 55.0 Å². The van der Waals surface area contributed by atoms with E-state index < -0.39 is 15.3 Å². The zero-order chi connectivity index (χ0) is 27.9. The van der Waals surface area contributed by atoms with Crippen LogP contribution in [0.15, 0.2) is 48.8 Å². The molecule has 3 fully saturated rings. The highest BCUT2D eigenvalue weighted by molar-refractivity contribution is 7.91. The maximum atomic E-state index is 13.6. The monoisotopic (exact) mass is 577 g/mol. The van der Waals surface area contributed by atoms with Crippen LogP contribution in [-0.2, 0) is 14.6 Å². The lowest BCUT2D eigenvalue weighted by Gasteiger charge is -2.31. The summed E-state index contributed by atoms with van der Waals surface area (Å²) in [7, 11) is -2.95. The number of sulfone groups is 1. The minimum Gasteiger partial charge on any atom is -0.369 e. The first-order chi connectivity index (χ1) is 19.3. The molecule has 2 saturated carbocycles. The average Bonchev–Trinajstić information content (AvgIpc) is 3.60. The Kier molecular flexibility index (Phi) is 7.18. The second-order valence-corrected chi connectivity index (χ2v) is 14.2. The Balaban J connectivity index is 1.35. The number of anilines is 1. The van der Waals surface area contributed by atoms with Crippen LogP contribution >= 0.6 is 11.6 Å². The van der Waals surface area contributed by atoms with Crippen molar-refractivity contribution in [2.45, 2.75) is 50.9 Å². The normalized spacial score (nSPS) is 23.4. The van der Waals surface area contributed by atoms with Gasteiger partial charge in [-0.1, -0.05) is 36.6 Å². The molecule has 40 heavy (non-hydrogen) atoms. The predicted octanol–water partition coefficient (Wildman–Crippen LogP) is 5.36. The summed E-state index contributed by atoms with van der Waals surface area (Å²) in [6.45, 7) is 0.978. The second-order valence-electron chi connectivity index (χ2n) is 11.4. The smallest absolute Gasteiger partial charge is 0.153 e. The van der Waals surface area contributed by atoms with Gasteiger partial charge >= 0.3 is 0 Å². The molecule has 6 rings (SSSR count). The Hall–Kier alpha value is -3.22. The number of rotatable bonds is 7. The van der Waals surface area contributed by atoms with Crippen molar-refractivity contribution in [3.63, 3.8) is 0 Å². The summed E-state index contributed by atoms with van der Waals surface area (Å²) >= 11 is 6.08. The van der Waals surface area contributed by atoms with Crippen molar-refractivity contribution in [2.75, 3.05) is 29.5 Å². The maximum Gasteiger partial charge on any atom is 0.153 e. The second kappa shape index (κ2) is 10.6. The van der Waals surface area contributed by atoms with Crippen molar-refractivity contribution in [1.82, 2.24) is 14.8 Å². The molecule has 3 heterocycles. The first-order valence-corrected chi connectivity index (χ1v) is 16.2. The molecule has 0 unspecified atom stereocenters. The van der Waals surface area contributed by atoms with E-state index >= 15 is 0 Å². The number of hydrogen-bond donors (Lipinski definition) is 0. The third kappa shape index (κ3) is 5.52. The molecular weight excluding hydrogens is 546 g/mol. The summed E-state index contributed by atoms with van der Waals surface area (Å²) in [6.07, 6.45) is 9.23. The number of benzene rings is 1. The molecule has 0 spiro atoms. The van der Waals surface area contributed by atoms with Crippen LogP contribution in [0.5, 0.6) is 0 Å². The van der Waals surface area contributed by atoms with Gasteiger partial charge in [0.2, 0.25) is 0 Å². The third-order valence-corrected chi connectivity index (χ3v) is 10.5. The number of halogens is 1. The van der Waals surface area contributed by atoms with E-state index in [0.717, 1.165) is 61.0 Å². The Morgan fingerprint density at radius 3 is 2.45 bits per heavy atom. The van der Waals surface area contributed by atoms with Gasteiger partial charge < -0.3 is 4.90 Å². The SMILES string of the molecule is N#CC1(CC(=O)[C@@H]2CCCC[C@H]2c2nn(-c3ccc(Cl)cn3)cc2-c2ccc(N3CCS(=O)(=O)CC3)cc2)CC1. The van der Waals surface area contributed by atoms with Gasteiger partial charge in [-0.15, -0.1) is 0 Å². The molecule has 1 saturated heterocycles. The average molecular weight is 578 g/mol. The van der Waals surface area contributed by atoms with E-state index in [1.807, 2.05) is 36.5 Å². The number of nitrogens with zero attached hydrogens (tertiary/aromatic N) is 5. The lowest BCUT2D eigenvalue weighted by atomic mass is 9.72. The highest BCUT2D eigenvalue weighted by atomic mass is 35.5. The summed E-state index contributed by atoms with van der Waals surface area (Å²) in [5.41, 5.74) is 3.35. The predicted molar refractivity (Wildman–Crippen MR) is 154 cm³/mol. The van der Waals surface area contributed by atoms with E-state index in [2.05, 4.69) is 16.0 Å². The largest absolute Gasteiger partial charge is 0.369 e. The van der Waals surface area contributed by atoms with Crippen LogP contribution in [0.1, 0.15) is 56.6 Å². The molecule has 0 radical (unpaired) electrons. The summed E-state index contributed by atoms with van der Waals surface area (Å²) in [4.78, 5) is 20.1. The minimum atomic E-state index is -2.95. The molecule has 0 N–H and O–H groups in total. The molecule has 0 bridgehead atoms. The topological polar surface area (TPSA) is 109 Å². The number of pyridine rings is 1. The van der Waals surface area contributed by atoms with Crippen LogP contribution in [0.4, 0.5) is 5.69 Å². The van der Waals surface area contributed by atoms with E-state index in [9.17, 15) is 18.5 Å². The van der Waals surface area contributed by atoms with Crippen molar-refractivity contribution in [3.05, 3.63) is 59.5 Å². The fraction of sp³-hybridized carbons (Fsp3) is 0.467. The van der Waals surface area contributed by atoms with Gasteiger partial charge in [-0.3, -0.25) is 4.79 Å². The van der Waals surface area contributed by atoms with Crippen molar-refractivity contribution < 1.29 is 13.2 Å². The van der Waals surface area contributed by atoms with Crippen molar-refractivity contribution >= 4 is 32.9 Å². The fourth-order valence-electron chi connectivity index (χ4n) is 6.11. The van der Waals surface area contributed by atoms with Gasteiger partial charge in [-0.05, 0) is 55.5 Å². The highest BCUT2D eigenvalue weighted by Crippen LogP contribution is 2.51. The molecule has 208 valence electrons. The van der Waals surface area contributed by atoms with Crippen molar-refractivity contribution in [1.29, 1.82) is 5.26 Å². The number of hydrogen-bond acceptors (Lipinski definition) is 7. The molecule has 3 aromatic rings. The number of aromatic nitrogens is 3. The molecule has 2 aromatic heterocycles. The standard InChI is InChI=1S/C30H32ClN5O3S/c31-22-7-10-28(33-18-22)36-19-26(21-5-8-23(9-6-21)35-13-15-40(38,39)16-14-35)29(34-36)25-4-2-1-3-24(25)27(37)17-30(20-32)11-12-30/h5-10,18-19,24-25H,1-4,11-17H2/t24-,25-/m1/s1. The van der Waals surface area contributed by atoms with Crippen LogP contribution in [-0.4, -0.2) is 53.6 Å². The fourth-order valence-corrected chi connectivity index (χ4v) is 7.43. The first-order valence-electron chi connectivity index (χ1n) is 14.0. The van der Waals surface area contributed by atoms with Crippen LogP contribution < -0.4 is 4.90 Å². The van der Waals surface area contributed by atoms with Crippen molar-refractivity contribution in [2.24, 2.45) is 11.3 Å². The number of carbonyl (C=O) groups excluding carboxylic acids is 1. The van der Waals surface area contributed by atoms with E-state index in [1.54, 1.807) is 16.9 Å². The van der Waals surface area contributed by atoms with Crippen molar-refractivity contribution in [3.8, 4) is 23.0 Å². The van der Waals surface area contributed by atoms with Gasteiger partial charge in [0.1, 0.15) is 5.78 Å². The lowest BCUT2D eigenvalue weighted by Crippen LogP contribution is -2.40. The van der Waals surface area contributed by atoms with Crippen LogP contribution in [0, 0.1) is 22.7 Å². The van der Waals surface area contributed by atoms with E-state index in [4.69, 9.17) is 16.7 Å². The first kappa shape index (κ1) is 27.0. The molecule has 2 atom stereocenters. The Bertz CT molecular complexity index is 1540. The van der Waals surface area contributed by atoms with Crippen LogP contribution in [0.3, 0.4) is 0 Å². The number of ketones is 1. The molecule has 8 nitrogen and oxygen atoms in total.